The maximum atomic E-state index is 9.26. The summed E-state index contributed by atoms with van der Waals surface area (Å²) in [5.41, 5.74) is 0. The molecule has 6 heteroatoms. The third kappa shape index (κ3) is 54.5. The van der Waals surface area contributed by atoms with Gasteiger partial charge < -0.3 is 19.8 Å². The number of rotatable bonds is 2. The first-order valence-electron chi connectivity index (χ1n) is 3.14. The average Bonchev–Trinajstić information content (AvgIpc) is 2.09. The Morgan fingerprint density at radius 1 is 1.00 bits per heavy atom. The van der Waals surface area contributed by atoms with Crippen molar-refractivity contribution >= 4 is 11.9 Å². The van der Waals surface area contributed by atoms with Crippen molar-refractivity contribution in [3.63, 3.8) is 0 Å². The zero-order chi connectivity index (χ0) is 10.6. The van der Waals surface area contributed by atoms with Crippen LogP contribution in [-0.2, 0) is 37.1 Å². The Hall–Kier alpha value is -0.377. The van der Waals surface area contributed by atoms with Crippen molar-refractivity contribution in [2.24, 2.45) is 0 Å². The van der Waals surface area contributed by atoms with E-state index < -0.39 is 11.9 Å². The summed E-state index contributed by atoms with van der Waals surface area (Å²) in [4.78, 5) is 18.5. The van der Waals surface area contributed by atoms with Crippen LogP contribution in [0.3, 0.4) is 0 Å². The minimum atomic E-state index is -0.995. The van der Waals surface area contributed by atoms with E-state index in [1.54, 1.807) is 0 Å². The monoisotopic (exact) mass is 252 g/mol. The van der Waals surface area contributed by atoms with Crippen LogP contribution in [0, 0.1) is 0 Å². The Morgan fingerprint density at radius 2 is 1.08 bits per heavy atom. The Kier molecular flexibility index (Phi) is 24.9. The van der Waals surface area contributed by atoms with Crippen LogP contribution in [0.4, 0.5) is 0 Å². The molecule has 0 unspecified atom stereocenters. The van der Waals surface area contributed by atoms with Gasteiger partial charge in [-0.3, -0.25) is 0 Å². The molecule has 0 N–H and O–H groups in total. The molecule has 0 aromatic carbocycles. The van der Waals surface area contributed by atoms with Crippen LogP contribution >= 0.6 is 0 Å². The van der Waals surface area contributed by atoms with Gasteiger partial charge in [-0.2, -0.15) is 0 Å². The van der Waals surface area contributed by atoms with Crippen LogP contribution in [-0.4, -0.2) is 11.9 Å². The van der Waals surface area contributed by atoms with Gasteiger partial charge >= 0.3 is 27.5 Å². The van der Waals surface area contributed by atoms with E-state index in [1.807, 2.05) is 0 Å². The van der Waals surface area contributed by atoms with Crippen LogP contribution in [0.5, 0.6) is 0 Å². The van der Waals surface area contributed by atoms with E-state index in [1.165, 1.54) is 13.8 Å². The first-order chi connectivity index (χ1) is 5.54. The molecule has 68 valence electrons. The molecule has 0 amide bonds. The van der Waals surface area contributed by atoms with Gasteiger partial charge in [-0.15, -0.1) is 0 Å². The van der Waals surface area contributed by atoms with Gasteiger partial charge in [-0.05, 0) is 12.8 Å². The van der Waals surface area contributed by atoms with E-state index in [-0.39, 0.29) is 12.8 Å². The number of hydrogen-bond acceptors (Lipinski definition) is 5. The molecule has 0 atom stereocenters. The summed E-state index contributed by atoms with van der Waals surface area (Å²) in [5, 5.41) is 18.5. The van der Waals surface area contributed by atoms with Gasteiger partial charge in [0.25, 0.3) is 0 Å². The standard InChI is InChI=1S/2C3H6O2.O.Zr/c2*1-2-3(4)5;;/h2*2H2,1H3,(H,4,5);;/q;;;+2/p-2. The Morgan fingerprint density at radius 3 is 1.08 bits per heavy atom. The Labute approximate surface area is 86.1 Å². The molecule has 0 aliphatic carbocycles. The zero-order valence-corrected chi connectivity index (χ0v) is 9.41. The molecule has 0 aliphatic heterocycles. The molecule has 12 heavy (non-hydrogen) atoms. The summed E-state index contributed by atoms with van der Waals surface area (Å²) in [7, 11) is 0. The third-order valence-electron chi connectivity index (χ3n) is 0.577. The topological polar surface area (TPSA) is 97.3 Å². The molecular weight excluding hydrogens is 243 g/mol. The summed E-state index contributed by atoms with van der Waals surface area (Å²) < 4.78 is 8.34. The molecule has 5 nitrogen and oxygen atoms in total. The Balaban J connectivity index is -0.000000112. The molecule has 0 heterocycles. The van der Waals surface area contributed by atoms with Gasteiger partial charge in [-0.1, -0.05) is 13.8 Å². The SMILES string of the molecule is CCC(=O)[O-].CCC(=O)[O-].[O]=[Zr+2]. The van der Waals surface area contributed by atoms with Gasteiger partial charge in [0.1, 0.15) is 0 Å². The van der Waals surface area contributed by atoms with E-state index in [2.05, 4.69) is 0 Å². The van der Waals surface area contributed by atoms with E-state index in [9.17, 15) is 19.8 Å². The molecule has 0 saturated carbocycles. The van der Waals surface area contributed by atoms with Gasteiger partial charge in [0.15, 0.2) is 0 Å². The van der Waals surface area contributed by atoms with Crippen molar-refractivity contribution in [1.82, 2.24) is 0 Å². The summed E-state index contributed by atoms with van der Waals surface area (Å²) in [6.45, 7) is 3.07. The average molecular weight is 253 g/mol. The summed E-state index contributed by atoms with van der Waals surface area (Å²) >= 11 is 0.300. The molecule has 0 bridgehead atoms. The third-order valence-corrected chi connectivity index (χ3v) is 0.577. The van der Waals surface area contributed by atoms with Gasteiger partial charge in [0.2, 0.25) is 0 Å². The molecule has 0 rings (SSSR count). The fourth-order valence-electron chi connectivity index (χ4n) is 0. The van der Waals surface area contributed by atoms with E-state index in [4.69, 9.17) is 2.81 Å². The summed E-state index contributed by atoms with van der Waals surface area (Å²) in [5.74, 6) is -1.99. The second-order valence-electron chi connectivity index (χ2n) is 1.45. The number of carbonyl (C=O) groups is 2. The quantitative estimate of drug-likeness (QED) is 0.576. The second-order valence-corrected chi connectivity index (χ2v) is 1.45. The first kappa shape index (κ1) is 17.6. The van der Waals surface area contributed by atoms with Crippen LogP contribution in [0.25, 0.3) is 0 Å². The molecule has 0 fully saturated rings. The molecular formula is C6H10O5Zr. The fourth-order valence-corrected chi connectivity index (χ4v) is 0. The number of carboxylic acids is 2. The number of carbonyl (C=O) groups excluding carboxylic acids is 2. The van der Waals surface area contributed by atoms with Crippen molar-refractivity contribution in [2.75, 3.05) is 0 Å². The van der Waals surface area contributed by atoms with Crippen molar-refractivity contribution < 1.29 is 47.3 Å². The molecule has 0 radical (unpaired) electrons. The maximum absolute atomic E-state index is 9.26. The summed E-state index contributed by atoms with van der Waals surface area (Å²) in [6, 6.07) is 0. The molecule has 0 spiro atoms. The van der Waals surface area contributed by atoms with Crippen molar-refractivity contribution in [3.8, 4) is 0 Å². The van der Waals surface area contributed by atoms with E-state index in [0.717, 1.165) is 0 Å². The second kappa shape index (κ2) is 16.9. The van der Waals surface area contributed by atoms with Crippen LogP contribution in [0.15, 0.2) is 0 Å². The van der Waals surface area contributed by atoms with Gasteiger partial charge in [0.05, 0.1) is 0 Å². The normalized spacial score (nSPS) is 6.67. The first-order valence-corrected chi connectivity index (χ1v) is 4.15. The summed E-state index contributed by atoms with van der Waals surface area (Å²) in [6.07, 6.45) is 0.222. The fraction of sp³-hybridized carbons (Fsp3) is 0.667. The van der Waals surface area contributed by atoms with Gasteiger partial charge in [0, 0.05) is 11.9 Å². The Bertz CT molecular complexity index is 111. The van der Waals surface area contributed by atoms with Crippen molar-refractivity contribution in [2.45, 2.75) is 26.7 Å². The predicted molar refractivity (Wildman–Crippen MR) is 31.3 cm³/mol. The predicted octanol–water partition coefficient (Wildman–Crippen LogP) is -1.83. The van der Waals surface area contributed by atoms with E-state index >= 15 is 0 Å². The van der Waals surface area contributed by atoms with Gasteiger partial charge in [-0.25, -0.2) is 0 Å². The number of aliphatic carboxylic acids is 2. The minimum absolute atomic E-state index is 0.111. The number of carboxylic acid groups (broad SMARTS) is 2. The number of hydrogen-bond donors (Lipinski definition) is 0. The van der Waals surface area contributed by atoms with Crippen LogP contribution < -0.4 is 10.2 Å². The molecule has 0 aromatic rings. The molecule has 0 aromatic heterocycles. The van der Waals surface area contributed by atoms with Crippen LogP contribution in [0.2, 0.25) is 0 Å². The zero-order valence-electron chi connectivity index (χ0n) is 6.96. The molecule has 0 aliphatic rings. The molecule has 0 saturated heterocycles. The van der Waals surface area contributed by atoms with E-state index in [0.29, 0.717) is 24.7 Å². The van der Waals surface area contributed by atoms with Crippen molar-refractivity contribution in [3.05, 3.63) is 0 Å². The van der Waals surface area contributed by atoms with Crippen LogP contribution in [0.1, 0.15) is 26.7 Å². The van der Waals surface area contributed by atoms with Crippen molar-refractivity contribution in [1.29, 1.82) is 0 Å².